The average molecular weight is 455 g/mol. The van der Waals surface area contributed by atoms with Gasteiger partial charge in [-0.2, -0.15) is 0 Å². The minimum absolute atomic E-state index is 0.139. The van der Waals surface area contributed by atoms with Crippen LogP contribution in [0.1, 0.15) is 29.8 Å². The van der Waals surface area contributed by atoms with Gasteiger partial charge in [0.2, 0.25) is 0 Å². The van der Waals surface area contributed by atoms with E-state index in [4.69, 9.17) is 16.3 Å². The second-order valence-electron chi connectivity index (χ2n) is 7.39. The Morgan fingerprint density at radius 2 is 1.56 bits per heavy atom. The molecule has 0 atom stereocenters. The minimum Gasteiger partial charge on any atom is -0.502 e. The van der Waals surface area contributed by atoms with Gasteiger partial charge in [-0.15, -0.1) is 0 Å². The van der Waals surface area contributed by atoms with Gasteiger partial charge in [0.1, 0.15) is 5.75 Å². The molecule has 0 aromatic heterocycles. The number of anilines is 1. The molecule has 0 aliphatic heterocycles. The SMILES string of the molecule is CC(C)(Oc1ccc(C(=O)c2ccc(Cl)cc2)cc1)C(=O)Nc1ccc(O)c([N+](=O)[O-])c1. The predicted octanol–water partition coefficient (Wildman–Crippen LogP) is 4.98. The van der Waals surface area contributed by atoms with E-state index < -0.39 is 27.9 Å². The lowest BCUT2D eigenvalue weighted by Crippen LogP contribution is -2.42. The number of nitrogens with zero attached hydrogens (tertiary/aromatic N) is 1. The average Bonchev–Trinajstić information content (AvgIpc) is 2.75. The van der Waals surface area contributed by atoms with E-state index in [-0.39, 0.29) is 11.5 Å². The van der Waals surface area contributed by atoms with Crippen LogP contribution in [0.5, 0.6) is 11.5 Å². The number of ether oxygens (including phenoxy) is 1. The Balaban J connectivity index is 1.70. The molecule has 0 saturated heterocycles. The van der Waals surface area contributed by atoms with Crippen molar-refractivity contribution in [1.29, 1.82) is 0 Å². The quantitative estimate of drug-likeness (QED) is 0.225. The second kappa shape index (κ2) is 9.07. The van der Waals surface area contributed by atoms with Crippen molar-refractivity contribution in [2.24, 2.45) is 0 Å². The fourth-order valence-electron chi connectivity index (χ4n) is 2.81. The Labute approximate surface area is 188 Å². The van der Waals surface area contributed by atoms with E-state index >= 15 is 0 Å². The van der Waals surface area contributed by atoms with Crippen LogP contribution in [0.2, 0.25) is 5.02 Å². The Bertz CT molecular complexity index is 1170. The monoisotopic (exact) mass is 454 g/mol. The maximum Gasteiger partial charge on any atom is 0.312 e. The molecule has 8 nitrogen and oxygen atoms in total. The number of nitro groups is 1. The van der Waals surface area contributed by atoms with E-state index in [1.54, 1.807) is 48.5 Å². The van der Waals surface area contributed by atoms with Crippen LogP contribution in [0.25, 0.3) is 0 Å². The number of amides is 1. The van der Waals surface area contributed by atoms with Crippen molar-refractivity contribution in [2.45, 2.75) is 19.4 Å². The normalized spacial score (nSPS) is 11.0. The van der Waals surface area contributed by atoms with E-state index in [2.05, 4.69) is 5.32 Å². The smallest absolute Gasteiger partial charge is 0.312 e. The molecule has 1 amide bonds. The number of nitrogens with one attached hydrogen (secondary N) is 1. The van der Waals surface area contributed by atoms with Crippen molar-refractivity contribution in [3.05, 3.63) is 93.0 Å². The molecule has 0 unspecified atom stereocenters. The Morgan fingerprint density at radius 3 is 2.12 bits per heavy atom. The number of hydrogen-bond acceptors (Lipinski definition) is 6. The molecule has 0 aliphatic carbocycles. The van der Waals surface area contributed by atoms with Crippen molar-refractivity contribution in [3.63, 3.8) is 0 Å². The zero-order chi connectivity index (χ0) is 23.5. The van der Waals surface area contributed by atoms with Crippen LogP contribution in [-0.4, -0.2) is 27.3 Å². The van der Waals surface area contributed by atoms with Gasteiger partial charge in [-0.3, -0.25) is 19.7 Å². The van der Waals surface area contributed by atoms with Gasteiger partial charge in [-0.1, -0.05) is 11.6 Å². The number of aromatic hydroxyl groups is 1. The molecule has 2 N–H and O–H groups in total. The maximum absolute atomic E-state index is 12.7. The van der Waals surface area contributed by atoms with Crippen molar-refractivity contribution in [3.8, 4) is 11.5 Å². The molecule has 0 radical (unpaired) electrons. The number of halogens is 1. The molecule has 3 aromatic carbocycles. The highest BCUT2D eigenvalue weighted by molar-refractivity contribution is 6.30. The van der Waals surface area contributed by atoms with Crippen molar-refractivity contribution in [1.82, 2.24) is 0 Å². The molecule has 3 aromatic rings. The highest BCUT2D eigenvalue weighted by Gasteiger charge is 2.30. The fourth-order valence-corrected chi connectivity index (χ4v) is 2.94. The van der Waals surface area contributed by atoms with Gasteiger partial charge >= 0.3 is 5.69 Å². The molecule has 0 heterocycles. The number of carbonyl (C=O) groups is 2. The molecule has 3 rings (SSSR count). The van der Waals surface area contributed by atoms with E-state index in [1.807, 2.05) is 0 Å². The van der Waals surface area contributed by atoms with Gasteiger partial charge in [0.25, 0.3) is 5.91 Å². The van der Waals surface area contributed by atoms with Crippen molar-refractivity contribution in [2.75, 3.05) is 5.32 Å². The van der Waals surface area contributed by atoms with Crippen molar-refractivity contribution < 1.29 is 24.4 Å². The van der Waals surface area contributed by atoms with Gasteiger partial charge in [-0.05, 0) is 74.5 Å². The topological polar surface area (TPSA) is 119 Å². The third-order valence-corrected chi connectivity index (χ3v) is 4.82. The lowest BCUT2D eigenvalue weighted by molar-refractivity contribution is -0.385. The van der Waals surface area contributed by atoms with E-state index in [0.717, 1.165) is 12.1 Å². The summed E-state index contributed by atoms with van der Waals surface area (Å²) in [4.78, 5) is 35.4. The highest BCUT2D eigenvalue weighted by Crippen LogP contribution is 2.29. The molecule has 0 spiro atoms. The van der Waals surface area contributed by atoms with Crippen LogP contribution in [0.4, 0.5) is 11.4 Å². The zero-order valence-corrected chi connectivity index (χ0v) is 17.9. The summed E-state index contributed by atoms with van der Waals surface area (Å²) in [6.07, 6.45) is 0. The fraction of sp³-hybridized carbons (Fsp3) is 0.130. The molecule has 0 bridgehead atoms. The zero-order valence-electron chi connectivity index (χ0n) is 17.2. The third-order valence-electron chi connectivity index (χ3n) is 4.57. The van der Waals surface area contributed by atoms with Crippen LogP contribution < -0.4 is 10.1 Å². The maximum atomic E-state index is 12.7. The summed E-state index contributed by atoms with van der Waals surface area (Å²) in [5.41, 5.74) is -0.791. The molecule has 0 saturated carbocycles. The Hall–Kier alpha value is -3.91. The first kappa shape index (κ1) is 22.8. The molecule has 0 aliphatic rings. The van der Waals surface area contributed by atoms with E-state index in [9.17, 15) is 24.8 Å². The number of rotatable bonds is 7. The Kier molecular flexibility index (Phi) is 6.45. The third kappa shape index (κ3) is 5.22. The summed E-state index contributed by atoms with van der Waals surface area (Å²) < 4.78 is 5.77. The first-order chi connectivity index (χ1) is 15.1. The first-order valence-electron chi connectivity index (χ1n) is 9.45. The lowest BCUT2D eigenvalue weighted by atomic mass is 10.0. The largest absolute Gasteiger partial charge is 0.502 e. The van der Waals surface area contributed by atoms with Crippen LogP contribution in [0.15, 0.2) is 66.7 Å². The summed E-state index contributed by atoms with van der Waals surface area (Å²) in [6.45, 7) is 3.06. The van der Waals surface area contributed by atoms with Crippen molar-refractivity contribution >= 4 is 34.7 Å². The standard InChI is InChI=1S/C23H19ClN2O6/c1-23(2,22(29)25-17-9-12-20(27)19(13-17)26(30)31)32-18-10-5-15(6-11-18)21(28)14-3-7-16(24)8-4-14/h3-13,27H,1-2H3,(H,25,29). The van der Waals surface area contributed by atoms with E-state index in [0.29, 0.717) is 21.9 Å². The second-order valence-corrected chi connectivity index (χ2v) is 7.82. The number of hydrogen-bond donors (Lipinski definition) is 2. The number of ketones is 1. The number of carbonyl (C=O) groups excluding carboxylic acids is 2. The number of nitro benzene ring substituents is 1. The molecular weight excluding hydrogens is 436 g/mol. The molecule has 32 heavy (non-hydrogen) atoms. The van der Waals surface area contributed by atoms with Gasteiger partial charge in [-0.25, -0.2) is 0 Å². The summed E-state index contributed by atoms with van der Waals surface area (Å²) >= 11 is 5.85. The van der Waals surface area contributed by atoms with Gasteiger partial charge < -0.3 is 15.2 Å². The molecule has 0 fully saturated rings. The number of phenols is 1. The summed E-state index contributed by atoms with van der Waals surface area (Å²) in [6, 6.07) is 16.4. The first-order valence-corrected chi connectivity index (χ1v) is 9.83. The van der Waals surface area contributed by atoms with Gasteiger partial charge in [0.05, 0.1) is 4.92 Å². The summed E-state index contributed by atoms with van der Waals surface area (Å²) in [7, 11) is 0. The van der Waals surface area contributed by atoms with Gasteiger partial charge in [0, 0.05) is 27.9 Å². The number of phenolic OH excluding ortho intramolecular Hbond substituents is 1. The van der Waals surface area contributed by atoms with Crippen LogP contribution in [0.3, 0.4) is 0 Å². The minimum atomic E-state index is -1.34. The lowest BCUT2D eigenvalue weighted by Gasteiger charge is -2.25. The molecule has 9 heteroatoms. The highest BCUT2D eigenvalue weighted by atomic mass is 35.5. The molecular formula is C23H19ClN2O6. The van der Waals surface area contributed by atoms with Gasteiger partial charge in [0.15, 0.2) is 17.1 Å². The van der Waals surface area contributed by atoms with Crippen LogP contribution >= 0.6 is 11.6 Å². The Morgan fingerprint density at radius 1 is 1.00 bits per heavy atom. The molecule has 164 valence electrons. The number of benzene rings is 3. The summed E-state index contributed by atoms with van der Waals surface area (Å²) in [5, 5.41) is 23.6. The predicted molar refractivity (Wildman–Crippen MR) is 119 cm³/mol. The summed E-state index contributed by atoms with van der Waals surface area (Å²) in [5.74, 6) is -0.885. The van der Waals surface area contributed by atoms with E-state index in [1.165, 1.54) is 19.9 Å². The van der Waals surface area contributed by atoms with Crippen LogP contribution in [-0.2, 0) is 4.79 Å². The van der Waals surface area contributed by atoms with Crippen LogP contribution in [0, 0.1) is 10.1 Å².